The molecule has 6 nitrogen and oxygen atoms in total. The predicted molar refractivity (Wildman–Crippen MR) is 98.9 cm³/mol. The van der Waals surface area contributed by atoms with Gasteiger partial charge in [0.15, 0.2) is 5.78 Å². The number of Topliss-reactive ketones (excluding diaryl/α,β-unsaturated/α-hetero) is 1. The number of halogens is 2. The molecule has 0 unspecified atom stereocenters. The van der Waals surface area contributed by atoms with Crippen molar-refractivity contribution in [1.29, 1.82) is 0 Å². The molecule has 0 N–H and O–H groups in total. The maximum absolute atomic E-state index is 13.1. The summed E-state index contributed by atoms with van der Waals surface area (Å²) >= 11 is 5.84. The SMILES string of the molecule is O=C(CN(C(=O)c1ccc(Cl)cc1)N1C(=O)CCCC1=O)c1ccc(F)cc1. The van der Waals surface area contributed by atoms with Crippen LogP contribution in [0.4, 0.5) is 4.39 Å². The summed E-state index contributed by atoms with van der Waals surface area (Å²) in [5.74, 6) is -2.83. The molecule has 0 spiro atoms. The predicted octanol–water partition coefficient (Wildman–Crippen LogP) is 3.26. The zero-order chi connectivity index (χ0) is 20.3. The molecule has 2 aromatic rings. The van der Waals surface area contributed by atoms with Crippen LogP contribution in [0.15, 0.2) is 48.5 Å². The first-order valence-electron chi connectivity index (χ1n) is 8.58. The van der Waals surface area contributed by atoms with Gasteiger partial charge in [0, 0.05) is 29.0 Å². The third-order valence-electron chi connectivity index (χ3n) is 4.28. The van der Waals surface area contributed by atoms with E-state index in [1.165, 1.54) is 36.4 Å². The van der Waals surface area contributed by atoms with Crippen molar-refractivity contribution in [2.45, 2.75) is 19.3 Å². The lowest BCUT2D eigenvalue weighted by Crippen LogP contribution is -2.56. The van der Waals surface area contributed by atoms with E-state index in [-0.39, 0.29) is 24.0 Å². The fraction of sp³-hybridized carbons (Fsp3) is 0.200. The topological polar surface area (TPSA) is 74.8 Å². The molecule has 1 saturated heterocycles. The minimum atomic E-state index is -0.685. The third kappa shape index (κ3) is 4.26. The van der Waals surface area contributed by atoms with Gasteiger partial charge < -0.3 is 0 Å². The Morgan fingerprint density at radius 3 is 2.04 bits per heavy atom. The van der Waals surface area contributed by atoms with Crippen LogP contribution in [0.2, 0.25) is 5.02 Å². The van der Waals surface area contributed by atoms with Gasteiger partial charge in [0.05, 0.1) is 0 Å². The van der Waals surface area contributed by atoms with Gasteiger partial charge in [-0.05, 0) is 55.0 Å². The van der Waals surface area contributed by atoms with Crippen molar-refractivity contribution in [2.75, 3.05) is 6.54 Å². The molecule has 8 heteroatoms. The average molecular weight is 403 g/mol. The molecule has 3 amide bonds. The summed E-state index contributed by atoms with van der Waals surface area (Å²) in [5.41, 5.74) is 0.328. The standard InChI is InChI=1S/C20H16ClFN2O4/c21-15-8-4-14(5-9-15)20(28)23(24-18(26)2-1-3-19(24)27)12-17(25)13-6-10-16(22)11-7-13/h4-11H,1-3,12H2. The number of benzene rings is 2. The molecule has 0 bridgehead atoms. The van der Waals surface area contributed by atoms with Crippen molar-refractivity contribution in [1.82, 2.24) is 10.0 Å². The van der Waals surface area contributed by atoms with Gasteiger partial charge in [0.25, 0.3) is 5.91 Å². The van der Waals surface area contributed by atoms with Crippen LogP contribution < -0.4 is 0 Å². The Bertz CT molecular complexity index is 912. The Kier molecular flexibility index (Phi) is 5.84. The first kappa shape index (κ1) is 19.7. The fourth-order valence-electron chi connectivity index (χ4n) is 2.85. The van der Waals surface area contributed by atoms with Crippen LogP contribution in [0.25, 0.3) is 0 Å². The molecule has 0 atom stereocenters. The zero-order valence-electron chi connectivity index (χ0n) is 14.7. The molecule has 1 aliphatic rings. The van der Waals surface area contributed by atoms with Crippen LogP contribution in [0.1, 0.15) is 40.0 Å². The number of amides is 3. The number of nitrogens with zero attached hydrogens (tertiary/aromatic N) is 2. The van der Waals surface area contributed by atoms with Gasteiger partial charge in [-0.2, -0.15) is 5.01 Å². The van der Waals surface area contributed by atoms with E-state index < -0.39 is 35.9 Å². The number of ketones is 1. The minimum Gasteiger partial charge on any atom is -0.292 e. The van der Waals surface area contributed by atoms with Crippen LogP contribution >= 0.6 is 11.6 Å². The molecule has 28 heavy (non-hydrogen) atoms. The summed E-state index contributed by atoms with van der Waals surface area (Å²) in [7, 11) is 0. The van der Waals surface area contributed by atoms with Crippen molar-refractivity contribution in [3.63, 3.8) is 0 Å². The van der Waals surface area contributed by atoms with Gasteiger partial charge in [-0.15, -0.1) is 0 Å². The number of carbonyl (C=O) groups is 4. The normalized spacial score (nSPS) is 14.1. The highest BCUT2D eigenvalue weighted by Gasteiger charge is 2.36. The summed E-state index contributed by atoms with van der Waals surface area (Å²) in [6, 6.07) is 10.7. The Balaban J connectivity index is 1.93. The smallest absolute Gasteiger partial charge is 0.273 e. The molecule has 1 aliphatic heterocycles. The first-order valence-corrected chi connectivity index (χ1v) is 8.96. The molecule has 0 saturated carbocycles. The summed E-state index contributed by atoms with van der Waals surface area (Å²) in [6.07, 6.45) is 0.588. The Hall–Kier alpha value is -3.06. The first-order chi connectivity index (χ1) is 13.4. The van der Waals surface area contributed by atoms with Gasteiger partial charge in [-0.1, -0.05) is 11.6 Å². The largest absolute Gasteiger partial charge is 0.292 e. The Morgan fingerprint density at radius 1 is 0.929 bits per heavy atom. The van der Waals surface area contributed by atoms with Gasteiger partial charge in [0.2, 0.25) is 11.8 Å². The Morgan fingerprint density at radius 2 is 1.46 bits per heavy atom. The van der Waals surface area contributed by atoms with E-state index in [1.807, 2.05) is 0 Å². The number of hydrazine groups is 1. The van der Waals surface area contributed by atoms with Crippen molar-refractivity contribution in [2.24, 2.45) is 0 Å². The number of hydrogen-bond acceptors (Lipinski definition) is 4. The zero-order valence-corrected chi connectivity index (χ0v) is 15.5. The van der Waals surface area contributed by atoms with E-state index in [2.05, 4.69) is 0 Å². The van der Waals surface area contributed by atoms with E-state index in [9.17, 15) is 23.6 Å². The van der Waals surface area contributed by atoms with Gasteiger partial charge in [-0.25, -0.2) is 9.40 Å². The number of imide groups is 1. The molecular formula is C20H16ClFN2O4. The number of piperidine rings is 1. The highest BCUT2D eigenvalue weighted by molar-refractivity contribution is 6.30. The van der Waals surface area contributed by atoms with Crippen molar-refractivity contribution >= 4 is 35.1 Å². The summed E-state index contributed by atoms with van der Waals surface area (Å²) in [4.78, 5) is 50.3. The van der Waals surface area contributed by atoms with Crippen LogP contribution in [-0.4, -0.2) is 40.1 Å². The quantitative estimate of drug-likeness (QED) is 0.568. The van der Waals surface area contributed by atoms with E-state index >= 15 is 0 Å². The lowest BCUT2D eigenvalue weighted by Gasteiger charge is -2.35. The van der Waals surface area contributed by atoms with Crippen LogP contribution in [0.5, 0.6) is 0 Å². The maximum atomic E-state index is 13.1. The molecule has 3 rings (SSSR count). The summed E-state index contributed by atoms with van der Waals surface area (Å²) in [5, 5.41) is 2.00. The summed E-state index contributed by atoms with van der Waals surface area (Å²) in [6.45, 7) is -0.537. The Labute approximate surface area is 165 Å². The second-order valence-electron chi connectivity index (χ2n) is 6.25. The molecule has 0 aromatic heterocycles. The van der Waals surface area contributed by atoms with Gasteiger partial charge in [-0.3, -0.25) is 19.2 Å². The van der Waals surface area contributed by atoms with E-state index in [0.29, 0.717) is 11.4 Å². The van der Waals surface area contributed by atoms with Crippen LogP contribution in [0.3, 0.4) is 0 Å². The maximum Gasteiger partial charge on any atom is 0.273 e. The molecule has 144 valence electrons. The second kappa shape index (κ2) is 8.31. The summed E-state index contributed by atoms with van der Waals surface area (Å²) < 4.78 is 13.1. The van der Waals surface area contributed by atoms with Crippen molar-refractivity contribution in [3.05, 3.63) is 70.5 Å². The molecule has 2 aromatic carbocycles. The van der Waals surface area contributed by atoms with Gasteiger partial charge >= 0.3 is 0 Å². The highest BCUT2D eigenvalue weighted by atomic mass is 35.5. The van der Waals surface area contributed by atoms with E-state index in [0.717, 1.165) is 22.2 Å². The van der Waals surface area contributed by atoms with Crippen molar-refractivity contribution < 1.29 is 23.6 Å². The molecule has 1 fully saturated rings. The molecular weight excluding hydrogens is 387 g/mol. The lowest BCUT2D eigenvalue weighted by molar-refractivity contribution is -0.162. The third-order valence-corrected chi connectivity index (χ3v) is 4.53. The second-order valence-corrected chi connectivity index (χ2v) is 6.69. The van der Waals surface area contributed by atoms with Gasteiger partial charge in [0.1, 0.15) is 12.4 Å². The average Bonchev–Trinajstić information content (AvgIpc) is 2.67. The fourth-order valence-corrected chi connectivity index (χ4v) is 2.97. The van der Waals surface area contributed by atoms with Crippen LogP contribution in [-0.2, 0) is 9.59 Å². The number of carbonyl (C=O) groups excluding carboxylic acids is 4. The number of hydrogen-bond donors (Lipinski definition) is 0. The molecule has 1 heterocycles. The van der Waals surface area contributed by atoms with Crippen LogP contribution in [0, 0.1) is 5.82 Å². The molecule has 0 aliphatic carbocycles. The minimum absolute atomic E-state index is 0.0981. The lowest BCUT2D eigenvalue weighted by atomic mass is 10.1. The number of rotatable bonds is 5. The monoisotopic (exact) mass is 402 g/mol. The van der Waals surface area contributed by atoms with E-state index in [1.54, 1.807) is 0 Å². The molecule has 0 radical (unpaired) electrons. The van der Waals surface area contributed by atoms with Crippen molar-refractivity contribution in [3.8, 4) is 0 Å². The van der Waals surface area contributed by atoms with E-state index in [4.69, 9.17) is 11.6 Å². The highest BCUT2D eigenvalue weighted by Crippen LogP contribution is 2.19.